The molecule has 0 amide bonds. The SMILES string of the molecule is ClCC1(Nc2ncc(Cl)cc2Br)CCCC1. The number of nitrogens with one attached hydrogen (secondary N) is 1. The zero-order chi connectivity index (χ0) is 11.6. The highest BCUT2D eigenvalue weighted by atomic mass is 79.9. The third kappa shape index (κ3) is 2.63. The lowest BCUT2D eigenvalue weighted by atomic mass is 10.0. The first-order valence-electron chi connectivity index (χ1n) is 5.30. The molecule has 1 heterocycles. The van der Waals surface area contributed by atoms with Gasteiger partial charge in [0, 0.05) is 12.1 Å². The van der Waals surface area contributed by atoms with Gasteiger partial charge < -0.3 is 5.32 Å². The molecule has 1 aromatic rings. The van der Waals surface area contributed by atoms with Gasteiger partial charge in [-0.2, -0.15) is 0 Å². The summed E-state index contributed by atoms with van der Waals surface area (Å²) in [5, 5.41) is 4.08. The van der Waals surface area contributed by atoms with Crippen LogP contribution in [0, 0.1) is 0 Å². The van der Waals surface area contributed by atoms with Crippen molar-refractivity contribution >= 4 is 44.9 Å². The number of hydrogen-bond acceptors (Lipinski definition) is 2. The molecule has 1 fully saturated rings. The van der Waals surface area contributed by atoms with Crippen molar-refractivity contribution < 1.29 is 0 Å². The highest BCUT2D eigenvalue weighted by molar-refractivity contribution is 9.10. The summed E-state index contributed by atoms with van der Waals surface area (Å²) in [6.45, 7) is 0. The normalized spacial score (nSPS) is 18.7. The van der Waals surface area contributed by atoms with E-state index in [0.29, 0.717) is 10.9 Å². The average Bonchev–Trinajstić information content (AvgIpc) is 2.72. The van der Waals surface area contributed by atoms with Gasteiger partial charge in [0.05, 0.1) is 15.0 Å². The van der Waals surface area contributed by atoms with Crippen LogP contribution in [0.3, 0.4) is 0 Å². The Morgan fingerprint density at radius 1 is 1.44 bits per heavy atom. The molecule has 1 saturated carbocycles. The summed E-state index contributed by atoms with van der Waals surface area (Å²) in [5.41, 5.74) is 0.00487. The Morgan fingerprint density at radius 3 is 2.69 bits per heavy atom. The largest absolute Gasteiger partial charge is 0.362 e. The molecule has 2 nitrogen and oxygen atoms in total. The fourth-order valence-electron chi connectivity index (χ4n) is 2.10. The minimum absolute atomic E-state index is 0.00487. The molecule has 0 unspecified atom stereocenters. The molecule has 1 aliphatic carbocycles. The summed E-state index contributed by atoms with van der Waals surface area (Å²) in [7, 11) is 0. The number of nitrogens with zero attached hydrogens (tertiary/aromatic N) is 1. The molecule has 0 saturated heterocycles. The smallest absolute Gasteiger partial charge is 0.140 e. The predicted molar refractivity (Wildman–Crippen MR) is 72.5 cm³/mol. The van der Waals surface area contributed by atoms with Gasteiger partial charge in [-0.25, -0.2) is 4.98 Å². The molecule has 5 heteroatoms. The molecular formula is C11H13BrCl2N2. The van der Waals surface area contributed by atoms with Gasteiger partial charge in [0.1, 0.15) is 5.82 Å². The Morgan fingerprint density at radius 2 is 2.12 bits per heavy atom. The Kier molecular flexibility index (Phi) is 3.98. The lowest BCUT2D eigenvalue weighted by Gasteiger charge is -2.29. The van der Waals surface area contributed by atoms with Crippen molar-refractivity contribution in [3.8, 4) is 0 Å². The topological polar surface area (TPSA) is 24.9 Å². The number of rotatable bonds is 3. The van der Waals surface area contributed by atoms with Gasteiger partial charge in [0.2, 0.25) is 0 Å². The number of anilines is 1. The van der Waals surface area contributed by atoms with Crippen LogP contribution in [0.2, 0.25) is 5.02 Å². The summed E-state index contributed by atoms with van der Waals surface area (Å²) in [4.78, 5) is 4.29. The zero-order valence-corrected chi connectivity index (χ0v) is 11.9. The van der Waals surface area contributed by atoms with Crippen molar-refractivity contribution in [2.45, 2.75) is 31.2 Å². The fraction of sp³-hybridized carbons (Fsp3) is 0.545. The summed E-state index contributed by atoms with van der Waals surface area (Å²) in [5.74, 6) is 1.44. The van der Waals surface area contributed by atoms with E-state index in [9.17, 15) is 0 Å². The van der Waals surface area contributed by atoms with Gasteiger partial charge in [-0.1, -0.05) is 24.4 Å². The maximum Gasteiger partial charge on any atom is 0.140 e. The van der Waals surface area contributed by atoms with Crippen molar-refractivity contribution in [2.24, 2.45) is 0 Å². The second-order valence-electron chi connectivity index (χ2n) is 4.23. The van der Waals surface area contributed by atoms with Gasteiger partial charge >= 0.3 is 0 Å². The van der Waals surface area contributed by atoms with Crippen LogP contribution < -0.4 is 5.32 Å². The van der Waals surface area contributed by atoms with Crippen molar-refractivity contribution in [1.82, 2.24) is 4.98 Å². The Balaban J connectivity index is 2.19. The summed E-state index contributed by atoms with van der Waals surface area (Å²) in [6, 6.07) is 1.84. The lowest BCUT2D eigenvalue weighted by Crippen LogP contribution is -2.37. The van der Waals surface area contributed by atoms with Gasteiger partial charge in [-0.05, 0) is 34.8 Å². The number of pyridine rings is 1. The number of hydrogen-bond donors (Lipinski definition) is 1. The van der Waals surface area contributed by atoms with Crippen LogP contribution in [0.5, 0.6) is 0 Å². The summed E-state index contributed by atoms with van der Waals surface area (Å²) < 4.78 is 0.886. The molecule has 0 aliphatic heterocycles. The fourth-order valence-corrected chi connectivity index (χ4v) is 3.17. The van der Waals surface area contributed by atoms with E-state index in [2.05, 4.69) is 26.2 Å². The zero-order valence-electron chi connectivity index (χ0n) is 8.77. The van der Waals surface area contributed by atoms with E-state index < -0.39 is 0 Å². The van der Waals surface area contributed by atoms with Crippen molar-refractivity contribution in [2.75, 3.05) is 11.2 Å². The maximum absolute atomic E-state index is 6.07. The van der Waals surface area contributed by atoms with E-state index in [1.54, 1.807) is 6.20 Å². The lowest BCUT2D eigenvalue weighted by molar-refractivity contribution is 0.537. The first kappa shape index (κ1) is 12.5. The van der Waals surface area contributed by atoms with E-state index in [1.165, 1.54) is 12.8 Å². The predicted octanol–water partition coefficient (Wildman–Crippen LogP) is 4.46. The second kappa shape index (κ2) is 5.11. The molecule has 1 N–H and O–H groups in total. The number of alkyl halides is 1. The standard InChI is InChI=1S/C11H13BrCl2N2/c12-9-5-8(14)6-15-10(9)16-11(7-13)3-1-2-4-11/h5-6H,1-4,7H2,(H,15,16). The Bertz CT molecular complexity index is 378. The van der Waals surface area contributed by atoms with E-state index in [0.717, 1.165) is 23.1 Å². The maximum atomic E-state index is 6.07. The van der Waals surface area contributed by atoms with E-state index in [1.807, 2.05) is 6.07 Å². The van der Waals surface area contributed by atoms with Crippen LogP contribution in [0.1, 0.15) is 25.7 Å². The first-order valence-corrected chi connectivity index (χ1v) is 7.01. The quantitative estimate of drug-likeness (QED) is 0.831. The molecule has 0 aromatic carbocycles. The first-order chi connectivity index (χ1) is 7.65. The van der Waals surface area contributed by atoms with E-state index in [4.69, 9.17) is 23.2 Å². The van der Waals surface area contributed by atoms with Crippen LogP contribution in [0.15, 0.2) is 16.7 Å². The molecule has 0 spiro atoms. The third-order valence-corrected chi connectivity index (χ3v) is 4.33. The summed E-state index contributed by atoms with van der Waals surface area (Å²) in [6.07, 6.45) is 6.31. The third-order valence-electron chi connectivity index (χ3n) is 3.01. The van der Waals surface area contributed by atoms with E-state index >= 15 is 0 Å². The van der Waals surface area contributed by atoms with Crippen LogP contribution in [-0.2, 0) is 0 Å². The monoisotopic (exact) mass is 322 g/mol. The minimum atomic E-state index is 0.00487. The molecule has 1 aromatic heterocycles. The van der Waals surface area contributed by atoms with Crippen LogP contribution >= 0.6 is 39.1 Å². The highest BCUT2D eigenvalue weighted by Crippen LogP contribution is 2.35. The number of aromatic nitrogens is 1. The van der Waals surface area contributed by atoms with Gasteiger partial charge in [0.25, 0.3) is 0 Å². The van der Waals surface area contributed by atoms with E-state index in [-0.39, 0.29) is 5.54 Å². The molecule has 88 valence electrons. The van der Waals surface area contributed by atoms with Crippen LogP contribution in [-0.4, -0.2) is 16.4 Å². The average molecular weight is 324 g/mol. The highest BCUT2D eigenvalue weighted by Gasteiger charge is 2.33. The molecule has 0 atom stereocenters. The molecule has 1 aliphatic rings. The van der Waals surface area contributed by atoms with Gasteiger partial charge in [-0.15, -0.1) is 11.6 Å². The van der Waals surface area contributed by atoms with Gasteiger partial charge in [-0.3, -0.25) is 0 Å². The van der Waals surface area contributed by atoms with Crippen LogP contribution in [0.4, 0.5) is 5.82 Å². The Labute approximate surface area is 114 Å². The van der Waals surface area contributed by atoms with Gasteiger partial charge in [0.15, 0.2) is 0 Å². The van der Waals surface area contributed by atoms with Crippen LogP contribution in [0.25, 0.3) is 0 Å². The second-order valence-corrected chi connectivity index (χ2v) is 5.79. The van der Waals surface area contributed by atoms with Crippen molar-refractivity contribution in [1.29, 1.82) is 0 Å². The Hall–Kier alpha value is 0.01000. The summed E-state index contributed by atoms with van der Waals surface area (Å²) >= 11 is 15.4. The van der Waals surface area contributed by atoms with Crippen molar-refractivity contribution in [3.63, 3.8) is 0 Å². The number of halogens is 3. The molecule has 0 bridgehead atoms. The molecule has 2 rings (SSSR count). The van der Waals surface area contributed by atoms with Crippen molar-refractivity contribution in [3.05, 3.63) is 21.8 Å². The molecule has 16 heavy (non-hydrogen) atoms. The molecule has 0 radical (unpaired) electrons. The molecular weight excluding hydrogens is 311 g/mol. The minimum Gasteiger partial charge on any atom is -0.362 e.